The van der Waals surface area contributed by atoms with Crippen molar-refractivity contribution in [3.8, 4) is 0 Å². The minimum absolute atomic E-state index is 0.195. The lowest BCUT2D eigenvalue weighted by Crippen LogP contribution is -2.25. The second kappa shape index (κ2) is 5.16. The number of nitrogens with two attached hydrogens (primary N) is 1. The Hall–Kier alpha value is -1.04. The molecule has 0 saturated heterocycles. The van der Waals surface area contributed by atoms with Crippen LogP contribution >= 0.6 is 22.9 Å². The van der Waals surface area contributed by atoms with Gasteiger partial charge in [-0.15, -0.1) is 11.3 Å². The van der Waals surface area contributed by atoms with Gasteiger partial charge in [0.25, 0.3) is 0 Å². The molecule has 0 atom stereocenters. The van der Waals surface area contributed by atoms with Gasteiger partial charge in [-0.25, -0.2) is 10.6 Å². The predicted octanol–water partition coefficient (Wildman–Crippen LogP) is 2.07. The minimum atomic E-state index is -0.977. The van der Waals surface area contributed by atoms with Crippen molar-refractivity contribution in [1.82, 2.24) is 5.01 Å². The number of carboxylic acids is 1. The van der Waals surface area contributed by atoms with Crippen molar-refractivity contribution in [3.63, 3.8) is 0 Å². The van der Waals surface area contributed by atoms with Crippen LogP contribution in [0.1, 0.15) is 11.8 Å². The van der Waals surface area contributed by atoms with E-state index in [2.05, 4.69) is 0 Å². The van der Waals surface area contributed by atoms with E-state index in [9.17, 15) is 4.79 Å². The number of hydrogen-bond donors (Lipinski definition) is 2. The number of hydrogen-bond acceptors (Lipinski definition) is 4. The third-order valence-electron chi connectivity index (χ3n) is 1.66. The molecule has 0 saturated carbocycles. The van der Waals surface area contributed by atoms with Crippen LogP contribution < -0.4 is 5.84 Å². The van der Waals surface area contributed by atoms with Gasteiger partial charge in [0.1, 0.15) is 0 Å². The molecule has 0 amide bonds. The molecule has 0 aliphatic carbocycles. The first kappa shape index (κ1) is 12.0. The number of thiophene rings is 1. The van der Waals surface area contributed by atoms with Gasteiger partial charge >= 0.3 is 5.97 Å². The SMILES string of the molecule is CC(=CN(N)Cc1ccc(Cl)s1)C(=O)O. The third kappa shape index (κ3) is 3.91. The molecule has 0 unspecified atom stereocenters. The molecule has 3 N–H and O–H groups in total. The molecule has 0 aliphatic heterocycles. The Morgan fingerprint density at radius 1 is 1.73 bits per heavy atom. The Bertz CT molecular complexity index is 389. The topological polar surface area (TPSA) is 66.6 Å². The first-order valence-corrected chi connectivity index (χ1v) is 5.35. The summed E-state index contributed by atoms with van der Waals surface area (Å²) in [5, 5.41) is 9.96. The van der Waals surface area contributed by atoms with Crippen molar-refractivity contribution >= 4 is 28.9 Å². The number of halogens is 1. The Morgan fingerprint density at radius 3 is 2.87 bits per heavy atom. The highest BCUT2D eigenvalue weighted by Crippen LogP contribution is 2.22. The standard InChI is InChI=1S/C9H11ClN2O2S/c1-6(9(13)14)4-12(11)5-7-2-3-8(10)15-7/h2-4H,5,11H2,1H3,(H,13,14). The fourth-order valence-electron chi connectivity index (χ4n) is 0.966. The highest BCUT2D eigenvalue weighted by molar-refractivity contribution is 7.16. The second-order valence-electron chi connectivity index (χ2n) is 3.00. The van der Waals surface area contributed by atoms with Crippen molar-refractivity contribution in [1.29, 1.82) is 0 Å². The number of carboxylic acid groups (broad SMARTS) is 1. The number of nitrogens with zero attached hydrogens (tertiary/aromatic N) is 1. The maximum atomic E-state index is 10.5. The summed E-state index contributed by atoms with van der Waals surface area (Å²) in [6, 6.07) is 3.64. The molecule has 82 valence electrons. The lowest BCUT2D eigenvalue weighted by Gasteiger charge is -2.12. The van der Waals surface area contributed by atoms with Crippen molar-refractivity contribution in [2.24, 2.45) is 5.84 Å². The fourth-order valence-corrected chi connectivity index (χ4v) is 2.06. The van der Waals surface area contributed by atoms with E-state index >= 15 is 0 Å². The summed E-state index contributed by atoms with van der Waals surface area (Å²) in [6.45, 7) is 1.94. The van der Waals surface area contributed by atoms with Crippen LogP contribution in [0.25, 0.3) is 0 Å². The molecular weight excluding hydrogens is 236 g/mol. The summed E-state index contributed by atoms with van der Waals surface area (Å²) in [5.41, 5.74) is 0.195. The highest BCUT2D eigenvalue weighted by Gasteiger charge is 2.04. The van der Waals surface area contributed by atoms with Crippen LogP contribution in [0.15, 0.2) is 23.9 Å². The van der Waals surface area contributed by atoms with Crippen molar-refractivity contribution in [2.45, 2.75) is 13.5 Å². The molecule has 1 rings (SSSR count). The molecule has 0 aromatic carbocycles. The predicted molar refractivity (Wildman–Crippen MR) is 60.5 cm³/mol. The Morgan fingerprint density at radius 2 is 2.40 bits per heavy atom. The summed E-state index contributed by atoms with van der Waals surface area (Å²) in [7, 11) is 0. The number of rotatable bonds is 4. The van der Waals surface area contributed by atoms with Crippen LogP contribution in [-0.2, 0) is 11.3 Å². The molecule has 1 aromatic rings. The number of carbonyl (C=O) groups is 1. The maximum absolute atomic E-state index is 10.5. The van der Waals surface area contributed by atoms with Crippen molar-refractivity contribution in [3.05, 3.63) is 33.1 Å². The summed E-state index contributed by atoms with van der Waals surface area (Å²) >= 11 is 7.17. The zero-order valence-corrected chi connectivity index (χ0v) is 9.68. The summed E-state index contributed by atoms with van der Waals surface area (Å²) in [4.78, 5) is 11.5. The third-order valence-corrected chi connectivity index (χ3v) is 2.88. The van der Waals surface area contributed by atoms with Gasteiger partial charge in [-0.2, -0.15) is 0 Å². The van der Waals surface area contributed by atoms with Crippen molar-refractivity contribution in [2.75, 3.05) is 0 Å². The van der Waals surface area contributed by atoms with Gasteiger partial charge in [0.05, 0.1) is 16.5 Å². The Labute approximate surface area is 96.5 Å². The fraction of sp³-hybridized carbons (Fsp3) is 0.222. The van der Waals surface area contributed by atoms with Gasteiger partial charge in [-0.1, -0.05) is 11.6 Å². The summed E-state index contributed by atoms with van der Waals surface area (Å²) < 4.78 is 0.692. The second-order valence-corrected chi connectivity index (χ2v) is 4.80. The molecular formula is C9H11ClN2O2S. The number of aliphatic carboxylic acids is 1. The molecule has 0 radical (unpaired) electrons. The average Bonchev–Trinajstić information content (AvgIpc) is 2.50. The molecule has 0 fully saturated rings. The molecule has 1 heterocycles. The van der Waals surface area contributed by atoms with Gasteiger partial charge < -0.3 is 10.1 Å². The van der Waals surface area contributed by atoms with E-state index in [1.54, 1.807) is 6.07 Å². The zero-order valence-electron chi connectivity index (χ0n) is 8.11. The van der Waals surface area contributed by atoms with Gasteiger partial charge in [0, 0.05) is 11.1 Å². The van der Waals surface area contributed by atoms with Gasteiger partial charge in [-0.3, -0.25) is 0 Å². The largest absolute Gasteiger partial charge is 0.478 e. The van der Waals surface area contributed by atoms with E-state index in [-0.39, 0.29) is 5.57 Å². The van der Waals surface area contributed by atoms with Gasteiger partial charge in [0.2, 0.25) is 0 Å². The van der Waals surface area contributed by atoms with E-state index in [0.717, 1.165) is 4.88 Å². The molecule has 0 spiro atoms. The minimum Gasteiger partial charge on any atom is -0.478 e. The van der Waals surface area contributed by atoms with E-state index in [0.29, 0.717) is 10.9 Å². The van der Waals surface area contributed by atoms with Gasteiger partial charge in [0.15, 0.2) is 0 Å². The van der Waals surface area contributed by atoms with Crippen LogP contribution in [0.3, 0.4) is 0 Å². The molecule has 15 heavy (non-hydrogen) atoms. The van der Waals surface area contributed by atoms with Crippen LogP contribution in [-0.4, -0.2) is 16.1 Å². The Kier molecular flexibility index (Phi) is 4.14. The monoisotopic (exact) mass is 246 g/mol. The Balaban J connectivity index is 2.60. The first-order chi connectivity index (χ1) is 6.99. The average molecular weight is 247 g/mol. The molecule has 4 nitrogen and oxygen atoms in total. The normalized spacial score (nSPS) is 11.5. The van der Waals surface area contributed by atoms with E-state index < -0.39 is 5.97 Å². The molecule has 0 aliphatic rings. The highest BCUT2D eigenvalue weighted by atomic mass is 35.5. The van der Waals surface area contributed by atoms with E-state index in [1.165, 1.54) is 29.5 Å². The smallest absolute Gasteiger partial charge is 0.332 e. The summed E-state index contributed by atoms with van der Waals surface area (Å²) in [5.74, 6) is 4.63. The van der Waals surface area contributed by atoms with Crippen LogP contribution in [0.5, 0.6) is 0 Å². The van der Waals surface area contributed by atoms with Crippen LogP contribution in [0.4, 0.5) is 0 Å². The van der Waals surface area contributed by atoms with Crippen molar-refractivity contribution < 1.29 is 9.90 Å². The van der Waals surface area contributed by atoms with E-state index in [4.69, 9.17) is 22.6 Å². The lowest BCUT2D eigenvalue weighted by molar-refractivity contribution is -0.132. The first-order valence-electron chi connectivity index (χ1n) is 4.16. The summed E-state index contributed by atoms with van der Waals surface area (Å²) in [6.07, 6.45) is 1.38. The quantitative estimate of drug-likeness (QED) is 0.485. The lowest BCUT2D eigenvalue weighted by atomic mass is 10.3. The van der Waals surface area contributed by atoms with E-state index in [1.807, 2.05) is 6.07 Å². The molecule has 6 heteroatoms. The van der Waals surface area contributed by atoms with Crippen LogP contribution in [0, 0.1) is 0 Å². The van der Waals surface area contributed by atoms with Gasteiger partial charge in [-0.05, 0) is 19.1 Å². The molecule has 1 aromatic heterocycles. The maximum Gasteiger partial charge on any atom is 0.332 e. The number of hydrazine groups is 1. The van der Waals surface area contributed by atoms with Crippen LogP contribution in [0.2, 0.25) is 4.34 Å². The zero-order chi connectivity index (χ0) is 11.4. The molecule has 0 bridgehead atoms.